The Morgan fingerprint density at radius 1 is 1.64 bits per heavy atom. The highest BCUT2D eigenvalue weighted by Gasteiger charge is 2.08. The molecule has 0 atom stereocenters. The van der Waals surface area contributed by atoms with Crippen LogP contribution < -0.4 is 5.32 Å². The summed E-state index contributed by atoms with van der Waals surface area (Å²) in [6.07, 6.45) is 1.45. The van der Waals surface area contributed by atoms with E-state index in [4.69, 9.17) is 5.26 Å². The molecular formula is C10H11N3O. The lowest BCUT2D eigenvalue weighted by Gasteiger charge is -2.06. The van der Waals surface area contributed by atoms with Crippen LogP contribution in [0.2, 0.25) is 0 Å². The van der Waals surface area contributed by atoms with Crippen molar-refractivity contribution in [3.8, 4) is 6.07 Å². The molecule has 0 saturated heterocycles. The largest absolute Gasteiger partial charge is 0.349 e. The third-order valence-corrected chi connectivity index (χ3v) is 1.54. The molecule has 1 N–H and O–H groups in total. The van der Waals surface area contributed by atoms with Crippen LogP contribution in [0.5, 0.6) is 0 Å². The number of carbonyl (C=O) groups is 1. The van der Waals surface area contributed by atoms with E-state index >= 15 is 0 Å². The molecule has 0 fully saturated rings. The summed E-state index contributed by atoms with van der Waals surface area (Å²) in [4.78, 5) is 15.3. The maximum Gasteiger partial charge on any atom is 0.270 e. The molecule has 1 amide bonds. The van der Waals surface area contributed by atoms with Crippen LogP contribution in [0.15, 0.2) is 18.3 Å². The molecule has 14 heavy (non-hydrogen) atoms. The van der Waals surface area contributed by atoms with Crippen molar-refractivity contribution in [3.63, 3.8) is 0 Å². The Bertz CT molecular complexity index is 379. The number of carbonyl (C=O) groups excluding carboxylic acids is 1. The van der Waals surface area contributed by atoms with Gasteiger partial charge in [-0.1, -0.05) is 0 Å². The molecule has 4 nitrogen and oxygen atoms in total. The first-order valence-corrected chi connectivity index (χ1v) is 4.30. The van der Waals surface area contributed by atoms with E-state index in [9.17, 15) is 4.79 Å². The standard InChI is InChI=1S/C10H11N3O/c1-7(2)13-10(14)9-5-8(6-11)3-4-12-9/h3-5,7H,1-2H3,(H,13,14). The van der Waals surface area contributed by atoms with Crippen molar-refractivity contribution in [1.82, 2.24) is 10.3 Å². The predicted molar refractivity (Wildman–Crippen MR) is 51.6 cm³/mol. The predicted octanol–water partition coefficient (Wildman–Crippen LogP) is 1.09. The van der Waals surface area contributed by atoms with Crippen LogP contribution in [0, 0.1) is 11.3 Å². The summed E-state index contributed by atoms with van der Waals surface area (Å²) in [5.74, 6) is -0.253. The van der Waals surface area contributed by atoms with E-state index < -0.39 is 0 Å². The van der Waals surface area contributed by atoms with Gasteiger partial charge in [-0.3, -0.25) is 9.78 Å². The number of amides is 1. The Hall–Kier alpha value is -1.89. The Morgan fingerprint density at radius 3 is 2.93 bits per heavy atom. The van der Waals surface area contributed by atoms with Gasteiger partial charge in [-0.15, -0.1) is 0 Å². The number of nitrogens with one attached hydrogen (secondary N) is 1. The molecule has 1 aromatic rings. The average molecular weight is 189 g/mol. The maximum atomic E-state index is 11.4. The van der Waals surface area contributed by atoms with Crippen LogP contribution in [0.4, 0.5) is 0 Å². The van der Waals surface area contributed by atoms with Gasteiger partial charge in [0.2, 0.25) is 0 Å². The topological polar surface area (TPSA) is 65.8 Å². The smallest absolute Gasteiger partial charge is 0.270 e. The average Bonchev–Trinajstić information content (AvgIpc) is 2.17. The third kappa shape index (κ3) is 2.56. The van der Waals surface area contributed by atoms with E-state index in [-0.39, 0.29) is 17.6 Å². The molecule has 0 unspecified atom stereocenters. The first-order chi connectivity index (χ1) is 6.63. The highest BCUT2D eigenvalue weighted by molar-refractivity contribution is 5.92. The number of pyridine rings is 1. The van der Waals surface area contributed by atoms with Crippen molar-refractivity contribution in [2.45, 2.75) is 19.9 Å². The lowest BCUT2D eigenvalue weighted by molar-refractivity contribution is 0.0938. The molecule has 0 aliphatic rings. The fraction of sp³-hybridized carbons (Fsp3) is 0.300. The molecule has 4 heteroatoms. The van der Waals surface area contributed by atoms with E-state index in [0.717, 1.165) is 0 Å². The summed E-state index contributed by atoms with van der Waals surface area (Å²) in [5, 5.41) is 11.3. The molecule has 1 rings (SSSR count). The van der Waals surface area contributed by atoms with Crippen molar-refractivity contribution in [1.29, 1.82) is 5.26 Å². The summed E-state index contributed by atoms with van der Waals surface area (Å²) in [6.45, 7) is 3.73. The van der Waals surface area contributed by atoms with Crippen molar-refractivity contribution in [3.05, 3.63) is 29.6 Å². The molecule has 0 spiro atoms. The summed E-state index contributed by atoms with van der Waals surface area (Å²) in [7, 11) is 0. The highest BCUT2D eigenvalue weighted by Crippen LogP contribution is 2.00. The van der Waals surface area contributed by atoms with E-state index in [1.54, 1.807) is 6.07 Å². The van der Waals surface area contributed by atoms with Crippen molar-refractivity contribution in [2.24, 2.45) is 0 Å². The van der Waals surface area contributed by atoms with Crippen LogP contribution in [0.3, 0.4) is 0 Å². The number of nitrogens with zero attached hydrogens (tertiary/aromatic N) is 2. The number of aromatic nitrogens is 1. The van der Waals surface area contributed by atoms with E-state index in [1.807, 2.05) is 19.9 Å². The Labute approximate surface area is 82.6 Å². The van der Waals surface area contributed by atoms with Gasteiger partial charge in [-0.2, -0.15) is 5.26 Å². The Balaban J connectivity index is 2.86. The lowest BCUT2D eigenvalue weighted by atomic mass is 10.2. The summed E-state index contributed by atoms with van der Waals surface area (Å²) in [5.41, 5.74) is 0.714. The van der Waals surface area contributed by atoms with E-state index in [2.05, 4.69) is 10.3 Å². The van der Waals surface area contributed by atoms with Gasteiger partial charge >= 0.3 is 0 Å². The van der Waals surface area contributed by atoms with Gasteiger partial charge in [-0.25, -0.2) is 0 Å². The third-order valence-electron chi connectivity index (χ3n) is 1.54. The number of hydrogen-bond donors (Lipinski definition) is 1. The molecule has 0 bridgehead atoms. The van der Waals surface area contributed by atoms with E-state index in [1.165, 1.54) is 12.3 Å². The second-order valence-electron chi connectivity index (χ2n) is 3.17. The molecule has 0 aliphatic carbocycles. The molecular weight excluding hydrogens is 178 g/mol. The molecule has 0 aromatic carbocycles. The monoisotopic (exact) mass is 189 g/mol. The van der Waals surface area contributed by atoms with Gasteiger partial charge in [0, 0.05) is 12.2 Å². The Kier molecular flexibility index (Phi) is 3.19. The summed E-state index contributed by atoms with van der Waals surface area (Å²) < 4.78 is 0. The van der Waals surface area contributed by atoms with Gasteiger partial charge in [0.25, 0.3) is 5.91 Å². The minimum absolute atomic E-state index is 0.0649. The SMILES string of the molecule is CC(C)NC(=O)c1cc(C#N)ccn1. The highest BCUT2D eigenvalue weighted by atomic mass is 16.1. The zero-order chi connectivity index (χ0) is 10.6. The van der Waals surface area contributed by atoms with Crippen LogP contribution in [-0.4, -0.2) is 16.9 Å². The second-order valence-corrected chi connectivity index (χ2v) is 3.17. The molecule has 1 aromatic heterocycles. The maximum absolute atomic E-state index is 11.4. The van der Waals surface area contributed by atoms with Crippen LogP contribution in [0.25, 0.3) is 0 Å². The molecule has 0 saturated carbocycles. The zero-order valence-electron chi connectivity index (χ0n) is 8.11. The molecule has 0 aliphatic heterocycles. The fourth-order valence-electron chi connectivity index (χ4n) is 0.960. The van der Waals surface area contributed by atoms with Crippen molar-refractivity contribution >= 4 is 5.91 Å². The summed E-state index contributed by atoms with van der Waals surface area (Å²) >= 11 is 0. The Morgan fingerprint density at radius 2 is 2.36 bits per heavy atom. The minimum Gasteiger partial charge on any atom is -0.349 e. The van der Waals surface area contributed by atoms with E-state index in [0.29, 0.717) is 5.56 Å². The van der Waals surface area contributed by atoms with Crippen molar-refractivity contribution in [2.75, 3.05) is 0 Å². The van der Waals surface area contributed by atoms with Crippen LogP contribution in [0.1, 0.15) is 29.9 Å². The van der Waals surface area contributed by atoms with Gasteiger partial charge in [0.1, 0.15) is 5.69 Å². The van der Waals surface area contributed by atoms with Gasteiger partial charge < -0.3 is 5.32 Å². The minimum atomic E-state index is -0.253. The lowest BCUT2D eigenvalue weighted by Crippen LogP contribution is -2.30. The van der Waals surface area contributed by atoms with Crippen LogP contribution in [-0.2, 0) is 0 Å². The number of nitriles is 1. The quantitative estimate of drug-likeness (QED) is 0.757. The molecule has 0 radical (unpaired) electrons. The zero-order valence-corrected chi connectivity index (χ0v) is 8.11. The fourth-order valence-corrected chi connectivity index (χ4v) is 0.960. The van der Waals surface area contributed by atoms with Gasteiger partial charge in [-0.05, 0) is 26.0 Å². The van der Waals surface area contributed by atoms with Crippen molar-refractivity contribution < 1.29 is 4.79 Å². The number of rotatable bonds is 2. The van der Waals surface area contributed by atoms with Gasteiger partial charge in [0.05, 0.1) is 11.6 Å². The van der Waals surface area contributed by atoms with Crippen LogP contribution >= 0.6 is 0 Å². The normalized spacial score (nSPS) is 9.57. The first-order valence-electron chi connectivity index (χ1n) is 4.30. The second kappa shape index (κ2) is 4.38. The first kappa shape index (κ1) is 10.2. The summed E-state index contributed by atoms with van der Waals surface area (Å²) in [6, 6.07) is 5.05. The number of hydrogen-bond acceptors (Lipinski definition) is 3. The molecule has 72 valence electrons. The molecule has 1 heterocycles. The van der Waals surface area contributed by atoms with Gasteiger partial charge in [0.15, 0.2) is 0 Å².